The Morgan fingerprint density at radius 1 is 1.09 bits per heavy atom. The standard InChI is InChI=1S/C15H22N2O4.ClH/c1-19-12-8-11(9-13(20-2)15(12)21-3)10-14(18)17-6-4-16-5-7-17;/h8-9,16H,4-7,10H2,1-3H3;1H. The van der Waals surface area contributed by atoms with Gasteiger partial charge in [0.15, 0.2) is 11.5 Å². The van der Waals surface area contributed by atoms with Gasteiger partial charge in [-0.25, -0.2) is 0 Å². The summed E-state index contributed by atoms with van der Waals surface area (Å²) in [5.41, 5.74) is 0.855. The number of ether oxygens (including phenoxy) is 3. The van der Waals surface area contributed by atoms with Gasteiger partial charge in [0.2, 0.25) is 11.7 Å². The predicted molar refractivity (Wildman–Crippen MR) is 86.5 cm³/mol. The van der Waals surface area contributed by atoms with E-state index in [4.69, 9.17) is 14.2 Å². The van der Waals surface area contributed by atoms with Gasteiger partial charge in [-0.15, -0.1) is 12.4 Å². The van der Waals surface area contributed by atoms with Gasteiger partial charge in [-0.3, -0.25) is 4.79 Å². The molecule has 1 aromatic rings. The maximum absolute atomic E-state index is 12.3. The molecular formula is C15H23ClN2O4. The monoisotopic (exact) mass is 330 g/mol. The molecule has 22 heavy (non-hydrogen) atoms. The van der Waals surface area contributed by atoms with Crippen LogP contribution in [0.5, 0.6) is 17.2 Å². The minimum Gasteiger partial charge on any atom is -0.493 e. The van der Waals surface area contributed by atoms with Gasteiger partial charge >= 0.3 is 0 Å². The third-order valence-corrected chi connectivity index (χ3v) is 3.55. The molecule has 0 saturated carbocycles. The number of hydrogen-bond donors (Lipinski definition) is 1. The molecule has 124 valence electrons. The Labute approximate surface area is 137 Å². The maximum atomic E-state index is 12.3. The van der Waals surface area contributed by atoms with Crippen molar-refractivity contribution in [3.63, 3.8) is 0 Å². The van der Waals surface area contributed by atoms with Crippen LogP contribution in [0.15, 0.2) is 12.1 Å². The second-order valence-electron chi connectivity index (χ2n) is 4.84. The molecule has 0 atom stereocenters. The van der Waals surface area contributed by atoms with Crippen LogP contribution in [0.2, 0.25) is 0 Å². The number of methoxy groups -OCH3 is 3. The Balaban J connectivity index is 0.00000242. The van der Waals surface area contributed by atoms with Crippen molar-refractivity contribution in [3.8, 4) is 17.2 Å². The fourth-order valence-corrected chi connectivity index (χ4v) is 2.44. The second kappa shape index (κ2) is 8.70. The van der Waals surface area contributed by atoms with Gasteiger partial charge in [-0.05, 0) is 17.7 Å². The number of amides is 1. The topological polar surface area (TPSA) is 60.0 Å². The molecule has 2 rings (SSSR count). The Morgan fingerprint density at radius 3 is 2.09 bits per heavy atom. The molecule has 0 spiro atoms. The van der Waals surface area contributed by atoms with Crippen LogP contribution < -0.4 is 19.5 Å². The highest BCUT2D eigenvalue weighted by atomic mass is 35.5. The van der Waals surface area contributed by atoms with Crippen LogP contribution in [0, 0.1) is 0 Å². The summed E-state index contributed by atoms with van der Waals surface area (Å²) in [6.45, 7) is 3.20. The highest BCUT2D eigenvalue weighted by Crippen LogP contribution is 2.38. The highest BCUT2D eigenvalue weighted by molar-refractivity contribution is 5.85. The first-order valence-corrected chi connectivity index (χ1v) is 6.97. The summed E-state index contributed by atoms with van der Waals surface area (Å²) in [5.74, 6) is 1.80. The molecule has 0 bridgehead atoms. The molecule has 1 N–H and O–H groups in total. The summed E-state index contributed by atoms with van der Waals surface area (Å²) >= 11 is 0. The Kier molecular flexibility index (Phi) is 7.27. The van der Waals surface area contributed by atoms with E-state index in [-0.39, 0.29) is 18.3 Å². The average molecular weight is 331 g/mol. The first-order valence-electron chi connectivity index (χ1n) is 6.97. The Morgan fingerprint density at radius 2 is 1.64 bits per heavy atom. The number of hydrogen-bond acceptors (Lipinski definition) is 5. The van der Waals surface area contributed by atoms with Gasteiger partial charge in [0.25, 0.3) is 0 Å². The summed E-state index contributed by atoms with van der Waals surface area (Å²) in [5, 5.41) is 3.23. The predicted octanol–water partition coefficient (Wildman–Crippen LogP) is 1.11. The molecule has 0 aliphatic carbocycles. The number of piperazine rings is 1. The highest BCUT2D eigenvalue weighted by Gasteiger charge is 2.19. The first kappa shape index (κ1) is 18.4. The van der Waals surface area contributed by atoms with E-state index in [2.05, 4.69) is 5.32 Å². The van der Waals surface area contributed by atoms with Crippen molar-refractivity contribution in [2.24, 2.45) is 0 Å². The number of carbonyl (C=O) groups is 1. The molecule has 1 saturated heterocycles. The van der Waals surface area contributed by atoms with Gasteiger partial charge in [0.1, 0.15) is 0 Å². The number of halogens is 1. The van der Waals surface area contributed by atoms with Gasteiger partial charge < -0.3 is 24.4 Å². The lowest BCUT2D eigenvalue weighted by molar-refractivity contribution is -0.131. The van der Waals surface area contributed by atoms with E-state index in [1.165, 1.54) is 0 Å². The Bertz CT molecular complexity index is 479. The number of nitrogens with zero attached hydrogens (tertiary/aromatic N) is 1. The fraction of sp³-hybridized carbons (Fsp3) is 0.533. The molecule has 0 aromatic heterocycles. The van der Waals surface area contributed by atoms with Crippen molar-refractivity contribution in [1.29, 1.82) is 0 Å². The van der Waals surface area contributed by atoms with Crippen molar-refractivity contribution in [2.45, 2.75) is 6.42 Å². The molecule has 1 amide bonds. The lowest BCUT2D eigenvalue weighted by Gasteiger charge is -2.27. The summed E-state index contributed by atoms with van der Waals surface area (Å²) in [4.78, 5) is 14.2. The minimum atomic E-state index is 0. The van der Waals surface area contributed by atoms with Gasteiger partial charge in [-0.1, -0.05) is 0 Å². The van der Waals surface area contributed by atoms with Crippen molar-refractivity contribution >= 4 is 18.3 Å². The zero-order valence-corrected chi connectivity index (χ0v) is 14.0. The van der Waals surface area contributed by atoms with E-state index < -0.39 is 0 Å². The number of rotatable bonds is 5. The quantitative estimate of drug-likeness (QED) is 0.876. The van der Waals surface area contributed by atoms with E-state index in [9.17, 15) is 4.79 Å². The van der Waals surface area contributed by atoms with E-state index in [0.717, 1.165) is 31.7 Å². The molecule has 1 heterocycles. The van der Waals surface area contributed by atoms with E-state index in [1.54, 1.807) is 21.3 Å². The average Bonchev–Trinajstić information content (AvgIpc) is 2.54. The molecule has 1 aliphatic heterocycles. The molecule has 7 heteroatoms. The van der Waals surface area contributed by atoms with E-state index in [0.29, 0.717) is 23.7 Å². The van der Waals surface area contributed by atoms with Crippen LogP contribution in [0.3, 0.4) is 0 Å². The third kappa shape index (κ3) is 4.18. The summed E-state index contributed by atoms with van der Waals surface area (Å²) in [7, 11) is 4.70. The van der Waals surface area contributed by atoms with Crippen LogP contribution in [0.4, 0.5) is 0 Å². The summed E-state index contributed by atoms with van der Waals surface area (Å²) < 4.78 is 15.9. The molecule has 1 fully saturated rings. The third-order valence-electron chi connectivity index (χ3n) is 3.55. The fourth-order valence-electron chi connectivity index (χ4n) is 2.44. The summed E-state index contributed by atoms with van der Waals surface area (Å²) in [6, 6.07) is 3.64. The van der Waals surface area contributed by atoms with Crippen molar-refractivity contribution in [3.05, 3.63) is 17.7 Å². The number of benzene rings is 1. The van der Waals surface area contributed by atoms with Crippen LogP contribution in [0.1, 0.15) is 5.56 Å². The van der Waals surface area contributed by atoms with Crippen LogP contribution in [-0.4, -0.2) is 58.3 Å². The molecule has 1 aromatic carbocycles. The van der Waals surface area contributed by atoms with E-state index >= 15 is 0 Å². The van der Waals surface area contributed by atoms with Crippen molar-refractivity contribution in [2.75, 3.05) is 47.5 Å². The largest absolute Gasteiger partial charge is 0.493 e. The lowest BCUT2D eigenvalue weighted by atomic mass is 10.1. The van der Waals surface area contributed by atoms with Crippen LogP contribution >= 0.6 is 12.4 Å². The maximum Gasteiger partial charge on any atom is 0.227 e. The van der Waals surface area contributed by atoms with Crippen LogP contribution in [-0.2, 0) is 11.2 Å². The number of nitrogens with one attached hydrogen (secondary N) is 1. The zero-order valence-electron chi connectivity index (χ0n) is 13.2. The van der Waals surface area contributed by atoms with Crippen molar-refractivity contribution < 1.29 is 19.0 Å². The summed E-state index contributed by atoms with van der Waals surface area (Å²) in [6.07, 6.45) is 0.330. The Hall–Kier alpha value is -1.66. The van der Waals surface area contributed by atoms with Gasteiger partial charge in [-0.2, -0.15) is 0 Å². The van der Waals surface area contributed by atoms with E-state index in [1.807, 2.05) is 17.0 Å². The molecule has 0 radical (unpaired) electrons. The van der Waals surface area contributed by atoms with Gasteiger partial charge in [0.05, 0.1) is 27.8 Å². The molecule has 0 unspecified atom stereocenters. The number of carbonyl (C=O) groups excluding carboxylic acids is 1. The molecular weight excluding hydrogens is 308 g/mol. The smallest absolute Gasteiger partial charge is 0.227 e. The lowest BCUT2D eigenvalue weighted by Crippen LogP contribution is -2.46. The first-order chi connectivity index (χ1) is 10.2. The molecule has 1 aliphatic rings. The van der Waals surface area contributed by atoms with Crippen LogP contribution in [0.25, 0.3) is 0 Å². The second-order valence-corrected chi connectivity index (χ2v) is 4.84. The minimum absolute atomic E-state index is 0. The van der Waals surface area contributed by atoms with Gasteiger partial charge in [0, 0.05) is 26.2 Å². The molecule has 6 nitrogen and oxygen atoms in total. The SMILES string of the molecule is COc1cc(CC(=O)N2CCNCC2)cc(OC)c1OC.Cl. The normalized spacial score (nSPS) is 14.0. The van der Waals surface area contributed by atoms with Crippen molar-refractivity contribution in [1.82, 2.24) is 10.2 Å². The zero-order chi connectivity index (χ0) is 15.2.